The van der Waals surface area contributed by atoms with Crippen molar-refractivity contribution < 1.29 is 0 Å². The van der Waals surface area contributed by atoms with Crippen LogP contribution in [0.4, 0.5) is 5.69 Å². The van der Waals surface area contributed by atoms with Gasteiger partial charge in [0.25, 0.3) is 0 Å². The van der Waals surface area contributed by atoms with Crippen LogP contribution in [0.15, 0.2) is 41.8 Å². The predicted molar refractivity (Wildman–Crippen MR) is 84.8 cm³/mol. The molecule has 0 fully saturated rings. The van der Waals surface area contributed by atoms with E-state index in [1.165, 1.54) is 16.1 Å². The number of nitrogens with zero attached hydrogens (tertiary/aromatic N) is 1. The lowest BCUT2D eigenvalue weighted by atomic mass is 10.1. The maximum atomic E-state index is 5.59. The Hall–Kier alpha value is -1.32. The van der Waals surface area contributed by atoms with Gasteiger partial charge in [-0.2, -0.15) is 0 Å². The van der Waals surface area contributed by atoms with Gasteiger partial charge in [0.05, 0.1) is 6.54 Å². The quantitative estimate of drug-likeness (QED) is 0.871. The zero-order valence-electron chi connectivity index (χ0n) is 11.7. The molecule has 1 aromatic heterocycles. The van der Waals surface area contributed by atoms with Crippen LogP contribution in [0.2, 0.25) is 0 Å². The molecule has 0 atom stereocenters. The van der Waals surface area contributed by atoms with Gasteiger partial charge >= 0.3 is 0 Å². The van der Waals surface area contributed by atoms with Crippen LogP contribution in [0, 0.1) is 0 Å². The second kappa shape index (κ2) is 6.73. The third kappa shape index (κ3) is 3.82. The third-order valence-corrected chi connectivity index (χ3v) is 4.09. The van der Waals surface area contributed by atoms with Crippen LogP contribution in [0.1, 0.15) is 24.3 Å². The summed E-state index contributed by atoms with van der Waals surface area (Å²) < 4.78 is 0. The van der Waals surface area contributed by atoms with Crippen molar-refractivity contribution in [3.63, 3.8) is 0 Å². The van der Waals surface area contributed by atoms with E-state index >= 15 is 0 Å². The van der Waals surface area contributed by atoms with E-state index < -0.39 is 0 Å². The molecule has 102 valence electrons. The highest BCUT2D eigenvalue weighted by Crippen LogP contribution is 2.22. The zero-order chi connectivity index (χ0) is 13.7. The van der Waals surface area contributed by atoms with Crippen LogP contribution in [0.25, 0.3) is 0 Å². The molecule has 1 heterocycles. The first-order chi connectivity index (χ1) is 9.20. The summed E-state index contributed by atoms with van der Waals surface area (Å²) in [5, 5.41) is 2.14. The van der Waals surface area contributed by atoms with Crippen LogP contribution in [0.5, 0.6) is 0 Å². The van der Waals surface area contributed by atoms with Crippen molar-refractivity contribution in [2.24, 2.45) is 5.73 Å². The first-order valence-electron chi connectivity index (χ1n) is 6.78. The molecule has 0 aliphatic heterocycles. The summed E-state index contributed by atoms with van der Waals surface area (Å²) in [4.78, 5) is 3.83. The van der Waals surface area contributed by atoms with E-state index in [0.29, 0.717) is 12.6 Å². The fourth-order valence-electron chi connectivity index (χ4n) is 2.16. The van der Waals surface area contributed by atoms with Gasteiger partial charge in [0.15, 0.2) is 0 Å². The van der Waals surface area contributed by atoms with E-state index in [1.807, 2.05) is 11.3 Å². The highest BCUT2D eigenvalue weighted by Gasteiger charge is 2.11. The lowest BCUT2D eigenvalue weighted by Crippen LogP contribution is -2.29. The average Bonchev–Trinajstić information content (AvgIpc) is 2.90. The molecule has 0 aliphatic rings. The molecule has 2 rings (SSSR count). The Balaban J connectivity index is 2.14. The highest BCUT2D eigenvalue weighted by atomic mass is 32.1. The van der Waals surface area contributed by atoms with Gasteiger partial charge in [0.2, 0.25) is 0 Å². The Morgan fingerprint density at radius 3 is 2.42 bits per heavy atom. The smallest absolute Gasteiger partial charge is 0.0525 e. The fraction of sp³-hybridized carbons (Fsp3) is 0.375. The Kier molecular flexibility index (Phi) is 5.00. The Labute approximate surface area is 119 Å². The van der Waals surface area contributed by atoms with E-state index in [0.717, 1.165) is 13.0 Å². The van der Waals surface area contributed by atoms with Gasteiger partial charge in [0, 0.05) is 16.6 Å². The summed E-state index contributed by atoms with van der Waals surface area (Å²) in [5.74, 6) is 0. The van der Waals surface area contributed by atoms with Gasteiger partial charge in [-0.05, 0) is 56.0 Å². The van der Waals surface area contributed by atoms with Crippen molar-refractivity contribution in [1.82, 2.24) is 0 Å². The van der Waals surface area contributed by atoms with Gasteiger partial charge in [-0.25, -0.2) is 0 Å². The maximum absolute atomic E-state index is 5.59. The molecule has 0 spiro atoms. The van der Waals surface area contributed by atoms with Crippen molar-refractivity contribution in [1.29, 1.82) is 0 Å². The summed E-state index contributed by atoms with van der Waals surface area (Å²) in [6, 6.07) is 13.6. The Morgan fingerprint density at radius 1 is 1.16 bits per heavy atom. The van der Waals surface area contributed by atoms with Crippen LogP contribution >= 0.6 is 11.3 Å². The molecule has 19 heavy (non-hydrogen) atoms. The van der Waals surface area contributed by atoms with E-state index in [4.69, 9.17) is 5.73 Å². The van der Waals surface area contributed by atoms with E-state index in [9.17, 15) is 0 Å². The number of hydrogen-bond donors (Lipinski definition) is 1. The van der Waals surface area contributed by atoms with E-state index in [1.54, 1.807) is 0 Å². The van der Waals surface area contributed by atoms with Gasteiger partial charge in [-0.3, -0.25) is 0 Å². The van der Waals surface area contributed by atoms with Crippen molar-refractivity contribution in [2.75, 3.05) is 11.4 Å². The second-order valence-electron chi connectivity index (χ2n) is 5.01. The highest BCUT2D eigenvalue weighted by molar-refractivity contribution is 7.09. The number of benzene rings is 1. The summed E-state index contributed by atoms with van der Waals surface area (Å²) in [5.41, 5.74) is 8.18. The second-order valence-corrected chi connectivity index (χ2v) is 6.04. The van der Waals surface area contributed by atoms with E-state index in [-0.39, 0.29) is 0 Å². The molecule has 0 bridgehead atoms. The number of hydrogen-bond acceptors (Lipinski definition) is 3. The average molecular weight is 274 g/mol. The molecular weight excluding hydrogens is 252 g/mol. The minimum atomic E-state index is 0.488. The first kappa shape index (κ1) is 14.1. The molecule has 0 amide bonds. The molecule has 2 aromatic rings. The normalized spacial score (nSPS) is 10.9. The minimum absolute atomic E-state index is 0.488. The third-order valence-electron chi connectivity index (χ3n) is 3.23. The molecule has 1 aromatic carbocycles. The number of anilines is 1. The van der Waals surface area contributed by atoms with Gasteiger partial charge in [-0.1, -0.05) is 18.2 Å². The standard InChI is InChI=1S/C16H22N2S/c1-13(2)18(12-16-4-3-11-19-16)15-7-5-14(6-8-15)9-10-17/h3-8,11,13H,9-10,12,17H2,1-2H3. The molecule has 0 saturated carbocycles. The molecule has 2 nitrogen and oxygen atoms in total. The van der Waals surface area contributed by atoms with Gasteiger partial charge < -0.3 is 10.6 Å². The lowest BCUT2D eigenvalue weighted by Gasteiger charge is -2.28. The number of nitrogens with two attached hydrogens (primary N) is 1. The number of thiophene rings is 1. The van der Waals surface area contributed by atoms with Crippen LogP contribution in [-0.2, 0) is 13.0 Å². The van der Waals surface area contributed by atoms with Gasteiger partial charge in [-0.15, -0.1) is 11.3 Å². The first-order valence-corrected chi connectivity index (χ1v) is 7.66. The molecule has 3 heteroatoms. The Morgan fingerprint density at radius 2 is 1.89 bits per heavy atom. The zero-order valence-corrected chi connectivity index (χ0v) is 12.5. The Bertz CT molecular complexity index is 474. The molecule has 0 radical (unpaired) electrons. The van der Waals surface area contributed by atoms with Crippen LogP contribution in [0.3, 0.4) is 0 Å². The largest absolute Gasteiger partial charge is 0.364 e. The summed E-state index contributed by atoms with van der Waals surface area (Å²) in [6.45, 7) is 6.16. The minimum Gasteiger partial charge on any atom is -0.364 e. The fourth-order valence-corrected chi connectivity index (χ4v) is 2.87. The van der Waals surface area contributed by atoms with Crippen molar-refractivity contribution in [3.8, 4) is 0 Å². The lowest BCUT2D eigenvalue weighted by molar-refractivity contribution is 0.687. The van der Waals surface area contributed by atoms with Crippen molar-refractivity contribution >= 4 is 17.0 Å². The summed E-state index contributed by atoms with van der Waals surface area (Å²) in [7, 11) is 0. The number of rotatable bonds is 6. The SMILES string of the molecule is CC(C)N(Cc1cccs1)c1ccc(CCN)cc1. The summed E-state index contributed by atoms with van der Waals surface area (Å²) >= 11 is 1.82. The summed E-state index contributed by atoms with van der Waals surface area (Å²) in [6.07, 6.45) is 0.951. The molecule has 0 saturated heterocycles. The monoisotopic (exact) mass is 274 g/mol. The maximum Gasteiger partial charge on any atom is 0.0525 e. The topological polar surface area (TPSA) is 29.3 Å². The van der Waals surface area contributed by atoms with Gasteiger partial charge in [0.1, 0.15) is 0 Å². The van der Waals surface area contributed by atoms with Crippen molar-refractivity contribution in [3.05, 3.63) is 52.2 Å². The molecular formula is C16H22N2S. The van der Waals surface area contributed by atoms with E-state index in [2.05, 4.69) is 60.5 Å². The van der Waals surface area contributed by atoms with Crippen LogP contribution in [-0.4, -0.2) is 12.6 Å². The van der Waals surface area contributed by atoms with Crippen molar-refractivity contribution in [2.45, 2.75) is 32.9 Å². The van der Waals surface area contributed by atoms with Crippen LogP contribution < -0.4 is 10.6 Å². The predicted octanol–water partition coefficient (Wildman–Crippen LogP) is 3.66. The molecule has 0 aliphatic carbocycles. The molecule has 2 N–H and O–H groups in total. The molecule has 0 unspecified atom stereocenters.